The first-order valence-corrected chi connectivity index (χ1v) is 11.0. The summed E-state index contributed by atoms with van der Waals surface area (Å²) >= 11 is 13.5. The molecule has 0 aliphatic rings. The Morgan fingerprint density at radius 3 is 2.61 bits per heavy atom. The van der Waals surface area contributed by atoms with Gasteiger partial charge in [0.1, 0.15) is 11.5 Å². The lowest BCUT2D eigenvalue weighted by Gasteiger charge is -2.20. The monoisotopic (exact) mass is 472 g/mol. The van der Waals surface area contributed by atoms with E-state index in [4.69, 9.17) is 32.7 Å². The maximum Gasteiger partial charge on any atom is 0.267 e. The van der Waals surface area contributed by atoms with E-state index >= 15 is 0 Å². The molecule has 0 saturated carbocycles. The van der Waals surface area contributed by atoms with Gasteiger partial charge in [-0.15, -0.1) is 0 Å². The van der Waals surface area contributed by atoms with E-state index in [1.54, 1.807) is 30.2 Å². The molecule has 1 amide bonds. The zero-order valence-corrected chi connectivity index (χ0v) is 18.9. The van der Waals surface area contributed by atoms with Gasteiger partial charge in [-0.3, -0.25) is 9.69 Å². The van der Waals surface area contributed by atoms with Crippen molar-refractivity contribution in [3.63, 3.8) is 0 Å². The molecule has 1 aromatic heterocycles. The lowest BCUT2D eigenvalue weighted by molar-refractivity contribution is -0.120. The van der Waals surface area contributed by atoms with Crippen LogP contribution >= 0.6 is 34.5 Å². The first-order valence-electron chi connectivity index (χ1n) is 9.40. The molecule has 0 fully saturated rings. The van der Waals surface area contributed by atoms with Crippen LogP contribution in [-0.4, -0.2) is 24.6 Å². The van der Waals surface area contributed by atoms with Crippen molar-refractivity contribution in [1.29, 1.82) is 0 Å². The van der Waals surface area contributed by atoms with Crippen LogP contribution in [0.25, 0.3) is 10.2 Å². The van der Waals surface area contributed by atoms with E-state index in [0.29, 0.717) is 27.5 Å². The quantitative estimate of drug-likeness (QED) is 0.320. The summed E-state index contributed by atoms with van der Waals surface area (Å²) in [6.07, 6.45) is 0. The number of carbonyl (C=O) groups is 1. The molecule has 0 aliphatic carbocycles. The van der Waals surface area contributed by atoms with Gasteiger partial charge in [-0.2, -0.15) is 0 Å². The summed E-state index contributed by atoms with van der Waals surface area (Å²) in [6.45, 7) is 0.182. The number of hydrogen-bond acceptors (Lipinski definition) is 5. The zero-order chi connectivity index (χ0) is 21.8. The van der Waals surface area contributed by atoms with Gasteiger partial charge in [0.25, 0.3) is 5.91 Å². The van der Waals surface area contributed by atoms with Gasteiger partial charge in [0.15, 0.2) is 11.7 Å². The molecule has 0 unspecified atom stereocenters. The van der Waals surface area contributed by atoms with Crippen molar-refractivity contribution in [2.24, 2.45) is 0 Å². The van der Waals surface area contributed by atoms with Crippen molar-refractivity contribution in [1.82, 2.24) is 4.98 Å². The molecule has 3 aromatic carbocycles. The smallest absolute Gasteiger partial charge is 0.267 e. The van der Waals surface area contributed by atoms with Gasteiger partial charge in [-0.1, -0.05) is 64.9 Å². The maximum absolute atomic E-state index is 13.2. The highest BCUT2D eigenvalue weighted by atomic mass is 35.5. The summed E-state index contributed by atoms with van der Waals surface area (Å²) in [6, 6.07) is 20.3. The summed E-state index contributed by atoms with van der Waals surface area (Å²) in [7, 11) is 1.62. The predicted molar refractivity (Wildman–Crippen MR) is 126 cm³/mol. The molecule has 31 heavy (non-hydrogen) atoms. The lowest BCUT2D eigenvalue weighted by Crippen LogP contribution is -2.34. The zero-order valence-electron chi connectivity index (χ0n) is 16.5. The normalized spacial score (nSPS) is 10.8. The van der Waals surface area contributed by atoms with Gasteiger partial charge >= 0.3 is 0 Å². The second-order valence-corrected chi connectivity index (χ2v) is 8.51. The fraction of sp³-hybridized carbons (Fsp3) is 0.130. The van der Waals surface area contributed by atoms with Gasteiger partial charge in [0.05, 0.1) is 28.9 Å². The molecule has 4 aromatic rings. The van der Waals surface area contributed by atoms with Crippen molar-refractivity contribution in [3.05, 3.63) is 82.3 Å². The molecule has 0 N–H and O–H groups in total. The Labute approximate surface area is 193 Å². The van der Waals surface area contributed by atoms with E-state index in [2.05, 4.69) is 4.98 Å². The fourth-order valence-electron chi connectivity index (χ4n) is 2.97. The molecule has 0 atom stereocenters. The number of halogens is 2. The second kappa shape index (κ2) is 9.56. The van der Waals surface area contributed by atoms with Crippen LogP contribution < -0.4 is 14.4 Å². The highest BCUT2D eigenvalue weighted by Gasteiger charge is 2.21. The molecular weight excluding hydrogens is 455 g/mol. The molecule has 5 nitrogen and oxygen atoms in total. The summed E-state index contributed by atoms with van der Waals surface area (Å²) < 4.78 is 11.9. The molecule has 0 aliphatic heterocycles. The maximum atomic E-state index is 13.2. The van der Waals surface area contributed by atoms with Gasteiger partial charge in [-0.05, 0) is 42.0 Å². The molecule has 0 spiro atoms. The van der Waals surface area contributed by atoms with Gasteiger partial charge in [-0.25, -0.2) is 4.98 Å². The van der Waals surface area contributed by atoms with Crippen LogP contribution in [0.1, 0.15) is 5.56 Å². The average molecular weight is 473 g/mol. The van der Waals surface area contributed by atoms with Crippen molar-refractivity contribution >= 4 is 55.8 Å². The molecule has 0 radical (unpaired) electrons. The van der Waals surface area contributed by atoms with Crippen molar-refractivity contribution in [2.75, 3.05) is 18.6 Å². The minimum absolute atomic E-state index is 0.187. The van der Waals surface area contributed by atoms with Crippen LogP contribution in [-0.2, 0) is 11.3 Å². The van der Waals surface area contributed by atoms with E-state index in [1.807, 2.05) is 48.5 Å². The number of carbonyl (C=O) groups excluding carboxylic acids is 1. The van der Waals surface area contributed by atoms with E-state index in [-0.39, 0.29) is 12.5 Å². The number of aromatic nitrogens is 1. The molecule has 8 heteroatoms. The standard InChI is InChI=1S/C23H18Cl2N2O3S/c1-29-17-8-9-19-21(12-17)31-23(26-19)27(13-15-5-3-2-4-6-15)22(28)14-30-20-10-7-16(24)11-18(20)25/h2-12H,13-14H2,1H3. The Hall–Kier alpha value is -2.80. The summed E-state index contributed by atoms with van der Waals surface area (Å²) in [4.78, 5) is 19.5. The van der Waals surface area contributed by atoms with Crippen LogP contribution in [0, 0.1) is 0 Å². The summed E-state index contributed by atoms with van der Waals surface area (Å²) in [5, 5.41) is 1.43. The minimum Gasteiger partial charge on any atom is -0.497 e. The highest BCUT2D eigenvalue weighted by molar-refractivity contribution is 7.22. The molecular formula is C23H18Cl2N2O3S. The highest BCUT2D eigenvalue weighted by Crippen LogP contribution is 2.33. The Balaban J connectivity index is 1.61. The first-order chi connectivity index (χ1) is 15.0. The number of anilines is 1. The van der Waals surface area contributed by atoms with Crippen molar-refractivity contribution < 1.29 is 14.3 Å². The molecule has 1 heterocycles. The SMILES string of the molecule is COc1ccc2nc(N(Cc3ccccc3)C(=O)COc3ccc(Cl)cc3Cl)sc2c1. The fourth-order valence-corrected chi connectivity index (χ4v) is 4.45. The molecule has 0 bridgehead atoms. The largest absolute Gasteiger partial charge is 0.497 e. The predicted octanol–water partition coefficient (Wildman–Crippen LogP) is 6.22. The van der Waals surface area contributed by atoms with Crippen LogP contribution in [0.3, 0.4) is 0 Å². The number of benzene rings is 3. The van der Waals surface area contributed by atoms with Crippen LogP contribution in [0.4, 0.5) is 5.13 Å². The van der Waals surface area contributed by atoms with Gasteiger partial charge < -0.3 is 9.47 Å². The topological polar surface area (TPSA) is 51.7 Å². The Bertz CT molecular complexity index is 1210. The molecule has 0 saturated heterocycles. The van der Waals surface area contributed by atoms with E-state index in [0.717, 1.165) is 21.5 Å². The Morgan fingerprint density at radius 1 is 1.06 bits per heavy atom. The number of ether oxygens (including phenoxy) is 2. The van der Waals surface area contributed by atoms with Gasteiger partial charge in [0, 0.05) is 5.02 Å². The van der Waals surface area contributed by atoms with Crippen molar-refractivity contribution in [3.8, 4) is 11.5 Å². The molecule has 4 rings (SSSR count). The first kappa shape index (κ1) is 21.4. The third-order valence-electron chi connectivity index (χ3n) is 4.54. The number of methoxy groups -OCH3 is 1. The summed E-state index contributed by atoms with van der Waals surface area (Å²) in [5.74, 6) is 0.901. The van der Waals surface area contributed by atoms with E-state index in [1.165, 1.54) is 11.3 Å². The summed E-state index contributed by atoms with van der Waals surface area (Å²) in [5.41, 5.74) is 1.78. The third-order valence-corrected chi connectivity index (χ3v) is 6.12. The number of hydrogen-bond donors (Lipinski definition) is 0. The molecule has 158 valence electrons. The van der Waals surface area contributed by atoms with E-state index in [9.17, 15) is 4.79 Å². The van der Waals surface area contributed by atoms with E-state index < -0.39 is 0 Å². The number of thiazole rings is 1. The van der Waals surface area contributed by atoms with Gasteiger partial charge in [0.2, 0.25) is 0 Å². The second-order valence-electron chi connectivity index (χ2n) is 6.66. The van der Waals surface area contributed by atoms with Crippen LogP contribution in [0.2, 0.25) is 10.0 Å². The Morgan fingerprint density at radius 2 is 1.87 bits per heavy atom. The average Bonchev–Trinajstić information content (AvgIpc) is 3.20. The van der Waals surface area contributed by atoms with Crippen molar-refractivity contribution in [2.45, 2.75) is 6.54 Å². The van der Waals surface area contributed by atoms with Crippen LogP contribution in [0.15, 0.2) is 66.7 Å². The number of nitrogens with zero attached hydrogens (tertiary/aromatic N) is 2. The van der Waals surface area contributed by atoms with Crippen LogP contribution in [0.5, 0.6) is 11.5 Å². The number of rotatable bonds is 7. The lowest BCUT2D eigenvalue weighted by atomic mass is 10.2. The number of fused-ring (bicyclic) bond motifs is 1. The number of amides is 1. The third kappa shape index (κ3) is 5.10. The Kier molecular flexibility index (Phi) is 6.61. The minimum atomic E-state index is -0.235.